The van der Waals surface area contributed by atoms with Crippen molar-refractivity contribution in [2.75, 3.05) is 0 Å². The molecule has 1 aliphatic carbocycles. The van der Waals surface area contributed by atoms with Crippen LogP contribution >= 0.6 is 0 Å². The van der Waals surface area contributed by atoms with Crippen LogP contribution in [0.15, 0.2) is 0 Å². The zero-order valence-electron chi connectivity index (χ0n) is 8.02. The van der Waals surface area contributed by atoms with Gasteiger partial charge < -0.3 is 4.79 Å². The van der Waals surface area contributed by atoms with E-state index in [1.807, 2.05) is 0 Å². The van der Waals surface area contributed by atoms with Gasteiger partial charge in [-0.3, -0.25) is 4.79 Å². The Labute approximate surface area is 73.3 Å². The van der Waals surface area contributed by atoms with Crippen LogP contribution in [-0.2, 0) is 9.59 Å². The van der Waals surface area contributed by atoms with Crippen LogP contribution in [0, 0.1) is 10.8 Å². The maximum Gasteiger partial charge on any atom is 0.146 e. The van der Waals surface area contributed by atoms with E-state index in [0.717, 1.165) is 12.7 Å². The van der Waals surface area contributed by atoms with Gasteiger partial charge in [-0.15, -0.1) is 0 Å². The van der Waals surface area contributed by atoms with Crippen LogP contribution < -0.4 is 0 Å². The molecule has 0 aromatic heterocycles. The van der Waals surface area contributed by atoms with E-state index in [0.29, 0.717) is 12.8 Å². The van der Waals surface area contributed by atoms with Crippen LogP contribution in [0.1, 0.15) is 40.0 Å². The average molecular weight is 168 g/mol. The predicted molar refractivity (Wildman–Crippen MR) is 46.8 cm³/mol. The second-order valence-corrected chi connectivity index (χ2v) is 4.80. The molecule has 0 aromatic rings. The van der Waals surface area contributed by atoms with E-state index < -0.39 is 5.41 Å². The summed E-state index contributed by atoms with van der Waals surface area (Å²) in [7, 11) is 0. The van der Waals surface area contributed by atoms with E-state index in [1.54, 1.807) is 6.92 Å². The molecule has 12 heavy (non-hydrogen) atoms. The molecule has 1 atom stereocenters. The van der Waals surface area contributed by atoms with Crippen molar-refractivity contribution in [3.63, 3.8) is 0 Å². The summed E-state index contributed by atoms with van der Waals surface area (Å²) in [5, 5.41) is 0. The Morgan fingerprint density at radius 1 is 1.25 bits per heavy atom. The number of carbonyl (C=O) groups is 2. The Hall–Kier alpha value is -0.660. The smallest absolute Gasteiger partial charge is 0.146 e. The summed E-state index contributed by atoms with van der Waals surface area (Å²) in [6, 6.07) is 0. The Bertz CT molecular complexity index is 218. The van der Waals surface area contributed by atoms with Gasteiger partial charge in [0.2, 0.25) is 0 Å². The van der Waals surface area contributed by atoms with Crippen molar-refractivity contribution in [2.45, 2.75) is 40.0 Å². The van der Waals surface area contributed by atoms with E-state index in [9.17, 15) is 9.59 Å². The first kappa shape index (κ1) is 9.43. The van der Waals surface area contributed by atoms with Crippen molar-refractivity contribution in [1.29, 1.82) is 0 Å². The van der Waals surface area contributed by atoms with Crippen LogP contribution in [0.4, 0.5) is 0 Å². The zero-order valence-corrected chi connectivity index (χ0v) is 8.02. The SMILES string of the molecule is CC1(C)CCC(C)(C=O)C(=O)C1. The first-order chi connectivity index (χ1) is 5.40. The van der Waals surface area contributed by atoms with Gasteiger partial charge in [-0.05, 0) is 25.2 Å². The molecule has 1 aliphatic rings. The third-order valence-electron chi connectivity index (χ3n) is 2.86. The fourth-order valence-corrected chi connectivity index (χ4v) is 1.59. The van der Waals surface area contributed by atoms with Crippen LogP contribution in [0.25, 0.3) is 0 Å². The lowest BCUT2D eigenvalue weighted by molar-refractivity contribution is -0.139. The first-order valence-corrected chi connectivity index (χ1v) is 4.39. The topological polar surface area (TPSA) is 34.1 Å². The number of ketones is 1. The molecule has 68 valence electrons. The van der Waals surface area contributed by atoms with Crippen molar-refractivity contribution < 1.29 is 9.59 Å². The minimum atomic E-state index is -0.685. The van der Waals surface area contributed by atoms with Gasteiger partial charge in [-0.1, -0.05) is 13.8 Å². The summed E-state index contributed by atoms with van der Waals surface area (Å²) in [4.78, 5) is 22.2. The van der Waals surface area contributed by atoms with Gasteiger partial charge >= 0.3 is 0 Å². The molecule has 0 bridgehead atoms. The molecule has 0 radical (unpaired) electrons. The van der Waals surface area contributed by atoms with Gasteiger partial charge in [0.05, 0.1) is 5.41 Å². The Morgan fingerprint density at radius 3 is 2.25 bits per heavy atom. The first-order valence-electron chi connectivity index (χ1n) is 4.39. The molecule has 0 heterocycles. The molecule has 0 spiro atoms. The highest BCUT2D eigenvalue weighted by Crippen LogP contribution is 2.41. The minimum Gasteiger partial charge on any atom is -0.302 e. The van der Waals surface area contributed by atoms with Gasteiger partial charge in [0, 0.05) is 6.42 Å². The molecule has 2 heteroatoms. The predicted octanol–water partition coefficient (Wildman–Crippen LogP) is 1.97. The highest BCUT2D eigenvalue weighted by atomic mass is 16.1. The van der Waals surface area contributed by atoms with Crippen LogP contribution in [0.3, 0.4) is 0 Å². The molecular formula is C10H16O2. The van der Waals surface area contributed by atoms with Gasteiger partial charge in [-0.25, -0.2) is 0 Å². The lowest BCUT2D eigenvalue weighted by atomic mass is 9.66. The van der Waals surface area contributed by atoms with Gasteiger partial charge in [0.1, 0.15) is 12.1 Å². The highest BCUT2D eigenvalue weighted by Gasteiger charge is 2.41. The van der Waals surface area contributed by atoms with Gasteiger partial charge in [-0.2, -0.15) is 0 Å². The zero-order chi connectivity index (χ0) is 9.41. The molecular weight excluding hydrogens is 152 g/mol. The van der Waals surface area contributed by atoms with E-state index >= 15 is 0 Å². The number of hydrogen-bond acceptors (Lipinski definition) is 2. The normalized spacial score (nSPS) is 34.8. The van der Waals surface area contributed by atoms with E-state index in [1.165, 1.54) is 0 Å². The Balaban J connectivity index is 2.79. The largest absolute Gasteiger partial charge is 0.302 e. The third-order valence-corrected chi connectivity index (χ3v) is 2.86. The van der Waals surface area contributed by atoms with Crippen molar-refractivity contribution in [2.24, 2.45) is 10.8 Å². The molecule has 0 saturated heterocycles. The van der Waals surface area contributed by atoms with Crippen molar-refractivity contribution in [1.82, 2.24) is 0 Å². The summed E-state index contributed by atoms with van der Waals surface area (Å²) in [6.07, 6.45) is 3.03. The second kappa shape index (κ2) is 2.68. The number of Topliss-reactive ketones (excluding diaryl/α,β-unsaturated/α-hetero) is 1. The van der Waals surface area contributed by atoms with Crippen molar-refractivity contribution >= 4 is 12.1 Å². The summed E-state index contributed by atoms with van der Waals surface area (Å²) >= 11 is 0. The Kier molecular flexibility index (Phi) is 2.11. The molecule has 1 unspecified atom stereocenters. The Morgan fingerprint density at radius 2 is 1.83 bits per heavy atom. The molecule has 1 saturated carbocycles. The number of rotatable bonds is 1. The molecule has 2 nitrogen and oxygen atoms in total. The number of aldehydes is 1. The highest BCUT2D eigenvalue weighted by molar-refractivity contribution is 5.98. The minimum absolute atomic E-state index is 0.0968. The van der Waals surface area contributed by atoms with Crippen LogP contribution in [-0.4, -0.2) is 12.1 Å². The molecule has 1 rings (SSSR count). The van der Waals surface area contributed by atoms with Crippen molar-refractivity contribution in [3.8, 4) is 0 Å². The average Bonchev–Trinajstić information content (AvgIpc) is 1.97. The quantitative estimate of drug-likeness (QED) is 0.443. The molecule has 0 amide bonds. The number of hydrogen-bond donors (Lipinski definition) is 0. The molecule has 1 fully saturated rings. The fraction of sp³-hybridized carbons (Fsp3) is 0.800. The lowest BCUT2D eigenvalue weighted by Crippen LogP contribution is -2.39. The molecule has 0 N–H and O–H groups in total. The van der Waals surface area contributed by atoms with Gasteiger partial charge in [0.15, 0.2) is 0 Å². The van der Waals surface area contributed by atoms with Crippen molar-refractivity contribution in [3.05, 3.63) is 0 Å². The maximum absolute atomic E-state index is 11.5. The van der Waals surface area contributed by atoms with Crippen LogP contribution in [0.5, 0.6) is 0 Å². The lowest BCUT2D eigenvalue weighted by Gasteiger charge is -2.36. The summed E-state index contributed by atoms with van der Waals surface area (Å²) in [6.45, 7) is 5.90. The van der Waals surface area contributed by atoms with E-state index in [4.69, 9.17) is 0 Å². The second-order valence-electron chi connectivity index (χ2n) is 4.80. The maximum atomic E-state index is 11.5. The molecule has 0 aromatic carbocycles. The summed E-state index contributed by atoms with van der Waals surface area (Å²) in [5.74, 6) is 0.105. The standard InChI is InChI=1S/C10H16O2/c1-9(2)4-5-10(3,7-11)8(12)6-9/h7H,4-6H2,1-3H3. The molecule has 0 aliphatic heterocycles. The summed E-state index contributed by atoms with van der Waals surface area (Å²) in [5.41, 5.74) is -0.588. The monoisotopic (exact) mass is 168 g/mol. The van der Waals surface area contributed by atoms with E-state index in [-0.39, 0.29) is 11.2 Å². The number of carbonyl (C=O) groups excluding carboxylic acids is 2. The van der Waals surface area contributed by atoms with Gasteiger partial charge in [0.25, 0.3) is 0 Å². The van der Waals surface area contributed by atoms with Crippen LogP contribution in [0.2, 0.25) is 0 Å². The summed E-state index contributed by atoms with van der Waals surface area (Å²) < 4.78 is 0. The third kappa shape index (κ3) is 1.57. The fourth-order valence-electron chi connectivity index (χ4n) is 1.59. The van der Waals surface area contributed by atoms with E-state index in [2.05, 4.69) is 13.8 Å².